The highest BCUT2D eigenvalue weighted by Crippen LogP contribution is 2.31. The summed E-state index contributed by atoms with van der Waals surface area (Å²) in [4.78, 5) is 30.8. The van der Waals surface area contributed by atoms with Crippen LogP contribution in [-0.2, 0) is 17.9 Å². The van der Waals surface area contributed by atoms with E-state index in [1.807, 2.05) is 18.2 Å². The molecule has 0 aromatic heterocycles. The minimum atomic E-state index is -0.515. The van der Waals surface area contributed by atoms with E-state index in [1.54, 1.807) is 4.90 Å². The van der Waals surface area contributed by atoms with E-state index in [0.29, 0.717) is 42.9 Å². The molecule has 2 heterocycles. The third kappa shape index (κ3) is 4.64. The maximum Gasteiger partial charge on any atom is 0.270 e. The summed E-state index contributed by atoms with van der Waals surface area (Å²) in [6.07, 6.45) is 5.80. The number of amides is 2. The van der Waals surface area contributed by atoms with Crippen molar-refractivity contribution < 1.29 is 9.59 Å². The fourth-order valence-electron chi connectivity index (χ4n) is 5.26. The Labute approximate surface area is 194 Å². The molecule has 1 aliphatic carbocycles. The van der Waals surface area contributed by atoms with E-state index in [-0.39, 0.29) is 11.8 Å². The average molecular weight is 446 g/mol. The number of nitrogens with one attached hydrogen (secondary N) is 2. The van der Waals surface area contributed by atoms with Crippen LogP contribution in [-0.4, -0.2) is 40.7 Å². The van der Waals surface area contributed by atoms with Crippen LogP contribution in [0, 0.1) is 0 Å². The first-order valence-corrected chi connectivity index (χ1v) is 11.9. The van der Waals surface area contributed by atoms with Crippen molar-refractivity contribution in [1.82, 2.24) is 10.2 Å². The molecule has 2 aromatic carbocycles. The Bertz CT molecular complexity index is 1070. The zero-order valence-corrected chi connectivity index (χ0v) is 18.8. The molecule has 33 heavy (non-hydrogen) atoms. The number of carbonyl (C=O) groups excluding carboxylic acids is 2. The lowest BCUT2D eigenvalue weighted by Crippen LogP contribution is -2.45. The third-order valence-corrected chi connectivity index (χ3v) is 7.06. The van der Waals surface area contributed by atoms with Crippen LogP contribution in [0.25, 0.3) is 0 Å². The number of amidine groups is 1. The highest BCUT2D eigenvalue weighted by molar-refractivity contribution is 6.04. The molecule has 1 unspecified atom stereocenters. The van der Waals surface area contributed by atoms with Gasteiger partial charge < -0.3 is 21.3 Å². The molecule has 0 saturated heterocycles. The molecule has 7 nitrogen and oxygen atoms in total. The van der Waals surface area contributed by atoms with Gasteiger partial charge in [-0.05, 0) is 48.6 Å². The molecule has 4 N–H and O–H groups in total. The second-order valence-electron chi connectivity index (χ2n) is 9.31. The number of hydrogen-bond acceptors (Lipinski definition) is 5. The van der Waals surface area contributed by atoms with Crippen LogP contribution in [0.5, 0.6) is 0 Å². The monoisotopic (exact) mass is 445 g/mol. The lowest BCUT2D eigenvalue weighted by atomic mass is 9.89. The first kappa shape index (κ1) is 21.6. The van der Waals surface area contributed by atoms with Gasteiger partial charge in [-0.15, -0.1) is 0 Å². The summed E-state index contributed by atoms with van der Waals surface area (Å²) >= 11 is 0. The van der Waals surface area contributed by atoms with E-state index in [1.165, 1.54) is 18.4 Å². The SMILES string of the molecule is NC1=NC(=O)C(N2Cc3cc(N[C@H]4CCCC[C@H]4NCc4ccccc4)ccc3C2=O)CC1. The van der Waals surface area contributed by atoms with Crippen LogP contribution in [0.3, 0.4) is 0 Å². The maximum absolute atomic E-state index is 13.0. The molecule has 2 aliphatic heterocycles. The average Bonchev–Trinajstić information content (AvgIpc) is 3.14. The van der Waals surface area contributed by atoms with Crippen molar-refractivity contribution in [1.29, 1.82) is 0 Å². The van der Waals surface area contributed by atoms with E-state index in [4.69, 9.17) is 5.73 Å². The lowest BCUT2D eigenvalue weighted by Gasteiger charge is -2.34. The van der Waals surface area contributed by atoms with Gasteiger partial charge in [0.15, 0.2) is 0 Å². The fourth-order valence-corrected chi connectivity index (χ4v) is 5.26. The molecule has 0 spiro atoms. The smallest absolute Gasteiger partial charge is 0.270 e. The first-order chi connectivity index (χ1) is 16.1. The molecular formula is C26H31N5O2. The van der Waals surface area contributed by atoms with E-state index >= 15 is 0 Å². The Hall–Kier alpha value is -3.19. The van der Waals surface area contributed by atoms with E-state index in [2.05, 4.69) is 46.0 Å². The molecule has 7 heteroatoms. The minimum Gasteiger partial charge on any atom is -0.387 e. The summed E-state index contributed by atoms with van der Waals surface area (Å²) in [5.41, 5.74) is 9.65. The van der Waals surface area contributed by atoms with Crippen LogP contribution >= 0.6 is 0 Å². The van der Waals surface area contributed by atoms with Gasteiger partial charge in [0.2, 0.25) is 0 Å². The van der Waals surface area contributed by atoms with E-state index in [9.17, 15) is 9.59 Å². The van der Waals surface area contributed by atoms with Gasteiger partial charge in [0, 0.05) is 42.8 Å². The summed E-state index contributed by atoms with van der Waals surface area (Å²) in [7, 11) is 0. The number of rotatable bonds is 6. The number of anilines is 1. The Kier molecular flexibility index (Phi) is 6.13. The second-order valence-corrected chi connectivity index (χ2v) is 9.31. The largest absolute Gasteiger partial charge is 0.387 e. The Morgan fingerprint density at radius 2 is 1.79 bits per heavy atom. The fraction of sp³-hybridized carbons (Fsp3) is 0.423. The van der Waals surface area contributed by atoms with E-state index in [0.717, 1.165) is 30.6 Å². The highest BCUT2D eigenvalue weighted by Gasteiger charge is 2.38. The van der Waals surface area contributed by atoms with Crippen LogP contribution in [0.15, 0.2) is 53.5 Å². The predicted molar refractivity (Wildman–Crippen MR) is 129 cm³/mol. The van der Waals surface area contributed by atoms with Crippen molar-refractivity contribution in [2.75, 3.05) is 5.32 Å². The summed E-state index contributed by atoms with van der Waals surface area (Å²) < 4.78 is 0. The van der Waals surface area contributed by atoms with Gasteiger partial charge in [0.25, 0.3) is 11.8 Å². The van der Waals surface area contributed by atoms with Gasteiger partial charge >= 0.3 is 0 Å². The Morgan fingerprint density at radius 1 is 1.00 bits per heavy atom. The molecule has 2 amide bonds. The third-order valence-electron chi connectivity index (χ3n) is 7.06. The van der Waals surface area contributed by atoms with Crippen LogP contribution in [0.1, 0.15) is 60.0 Å². The van der Waals surface area contributed by atoms with E-state index < -0.39 is 6.04 Å². The maximum atomic E-state index is 13.0. The first-order valence-electron chi connectivity index (χ1n) is 11.9. The van der Waals surface area contributed by atoms with Crippen LogP contribution < -0.4 is 16.4 Å². The topological polar surface area (TPSA) is 99.8 Å². The van der Waals surface area contributed by atoms with Crippen molar-refractivity contribution >= 4 is 23.3 Å². The normalized spacial score (nSPS) is 25.0. The van der Waals surface area contributed by atoms with Crippen molar-refractivity contribution in [3.63, 3.8) is 0 Å². The van der Waals surface area contributed by atoms with Gasteiger partial charge in [-0.25, -0.2) is 0 Å². The molecule has 3 atom stereocenters. The van der Waals surface area contributed by atoms with Crippen molar-refractivity contribution in [2.24, 2.45) is 10.7 Å². The number of nitrogens with two attached hydrogens (primary N) is 1. The Morgan fingerprint density at radius 3 is 2.58 bits per heavy atom. The quantitative estimate of drug-likeness (QED) is 0.634. The van der Waals surface area contributed by atoms with Crippen molar-refractivity contribution in [3.05, 3.63) is 65.2 Å². The number of hydrogen-bond donors (Lipinski definition) is 3. The predicted octanol–water partition coefficient (Wildman–Crippen LogP) is 3.20. The number of nitrogens with zero attached hydrogens (tertiary/aromatic N) is 2. The van der Waals surface area contributed by atoms with Crippen LogP contribution in [0.4, 0.5) is 5.69 Å². The molecule has 0 radical (unpaired) electrons. The van der Waals surface area contributed by atoms with Crippen molar-refractivity contribution in [2.45, 2.75) is 69.7 Å². The van der Waals surface area contributed by atoms with Gasteiger partial charge in [-0.3, -0.25) is 9.59 Å². The van der Waals surface area contributed by atoms with Gasteiger partial charge in [-0.1, -0.05) is 43.2 Å². The minimum absolute atomic E-state index is 0.0920. The summed E-state index contributed by atoms with van der Waals surface area (Å²) in [6, 6.07) is 16.7. The molecule has 1 fully saturated rings. The molecule has 3 aliphatic rings. The highest BCUT2D eigenvalue weighted by atomic mass is 16.2. The zero-order valence-electron chi connectivity index (χ0n) is 18.8. The standard InChI is InChI=1S/C26H31N5O2/c27-24-13-12-23(25(32)30-24)31-16-18-14-19(10-11-20(18)26(31)33)29-22-9-5-4-8-21(22)28-15-17-6-2-1-3-7-17/h1-3,6-7,10-11,14,21-23,28-29H,4-5,8-9,12-13,15-16H2,(H2,27,30,32)/t21-,22+,23?/m1/s1. The van der Waals surface area contributed by atoms with Gasteiger partial charge in [0.1, 0.15) is 11.9 Å². The lowest BCUT2D eigenvalue weighted by molar-refractivity contribution is -0.122. The second kappa shape index (κ2) is 9.35. The number of fused-ring (bicyclic) bond motifs is 1. The van der Waals surface area contributed by atoms with Crippen LogP contribution in [0.2, 0.25) is 0 Å². The molecule has 172 valence electrons. The molecule has 2 aromatic rings. The molecule has 1 saturated carbocycles. The summed E-state index contributed by atoms with van der Waals surface area (Å²) in [5.74, 6) is -0.0479. The summed E-state index contributed by atoms with van der Waals surface area (Å²) in [5, 5.41) is 7.46. The number of carbonyl (C=O) groups is 2. The van der Waals surface area contributed by atoms with Gasteiger partial charge in [0.05, 0.1) is 0 Å². The Balaban J connectivity index is 1.26. The molecule has 5 rings (SSSR count). The number of benzene rings is 2. The summed E-state index contributed by atoms with van der Waals surface area (Å²) in [6.45, 7) is 1.30. The zero-order chi connectivity index (χ0) is 22.8. The molecule has 0 bridgehead atoms. The van der Waals surface area contributed by atoms with Crippen molar-refractivity contribution in [3.8, 4) is 0 Å². The van der Waals surface area contributed by atoms with Gasteiger partial charge in [-0.2, -0.15) is 4.99 Å². The molecular weight excluding hydrogens is 414 g/mol. The number of aliphatic imine (C=N–C) groups is 1.